The number of carbonyl (C=O) groups is 3. The zero-order chi connectivity index (χ0) is 15.9. The summed E-state index contributed by atoms with van der Waals surface area (Å²) in [7, 11) is 0. The van der Waals surface area contributed by atoms with E-state index in [9.17, 15) is 14.4 Å². The lowest BCUT2D eigenvalue weighted by Crippen LogP contribution is -2.41. The summed E-state index contributed by atoms with van der Waals surface area (Å²) in [5, 5.41) is 2.88. The van der Waals surface area contributed by atoms with E-state index in [1.807, 2.05) is 0 Å². The van der Waals surface area contributed by atoms with E-state index >= 15 is 0 Å². The Kier molecular flexibility index (Phi) is 3.39. The maximum absolute atomic E-state index is 12.6. The van der Waals surface area contributed by atoms with E-state index in [0.29, 0.717) is 30.8 Å². The summed E-state index contributed by atoms with van der Waals surface area (Å²) in [6.45, 7) is 2.84. The molecule has 1 aliphatic heterocycles. The highest BCUT2D eigenvalue weighted by Crippen LogP contribution is 2.58. The van der Waals surface area contributed by atoms with Gasteiger partial charge in [-0.3, -0.25) is 14.4 Å². The number of fused-ring (bicyclic) bond motifs is 1. The molecule has 116 valence electrons. The highest BCUT2D eigenvalue weighted by molar-refractivity contribution is 5.99. The summed E-state index contributed by atoms with van der Waals surface area (Å²) in [5.41, 5.74) is 5.84. The molecule has 1 aromatic carbocycles. The normalized spacial score (nSPS) is 26.0. The molecule has 0 spiro atoms. The van der Waals surface area contributed by atoms with Crippen LogP contribution in [0.3, 0.4) is 0 Å². The van der Waals surface area contributed by atoms with Gasteiger partial charge in [0, 0.05) is 31.3 Å². The predicted molar refractivity (Wildman–Crippen MR) is 81.0 cm³/mol. The topological polar surface area (TPSA) is 92.5 Å². The van der Waals surface area contributed by atoms with Gasteiger partial charge in [-0.2, -0.15) is 0 Å². The van der Waals surface area contributed by atoms with Crippen LogP contribution < -0.4 is 11.1 Å². The van der Waals surface area contributed by atoms with E-state index in [4.69, 9.17) is 5.73 Å². The largest absolute Gasteiger partial charge is 0.366 e. The van der Waals surface area contributed by atoms with Crippen LogP contribution in [-0.2, 0) is 9.59 Å². The first-order chi connectivity index (χ1) is 10.4. The molecule has 1 aliphatic carbocycles. The number of carbonyl (C=O) groups excluding carboxylic acids is 3. The summed E-state index contributed by atoms with van der Waals surface area (Å²) in [6.07, 6.45) is 1.51. The van der Waals surface area contributed by atoms with Crippen molar-refractivity contribution < 1.29 is 14.4 Å². The molecule has 2 atom stereocenters. The molecule has 22 heavy (non-hydrogen) atoms. The van der Waals surface area contributed by atoms with Crippen LogP contribution in [0.15, 0.2) is 24.3 Å². The van der Waals surface area contributed by atoms with Crippen molar-refractivity contribution in [1.29, 1.82) is 0 Å². The van der Waals surface area contributed by atoms with Crippen molar-refractivity contribution in [2.24, 2.45) is 17.1 Å². The third kappa shape index (κ3) is 2.45. The highest BCUT2D eigenvalue weighted by atomic mass is 16.2. The minimum Gasteiger partial charge on any atom is -0.366 e. The highest BCUT2D eigenvalue weighted by Gasteiger charge is 2.61. The SMILES string of the molecule is CC(=O)N1CCC2(C(=O)Nc3cccc(C(N)=O)c3)CC2C1. The Balaban J connectivity index is 1.68. The molecule has 6 nitrogen and oxygen atoms in total. The lowest BCUT2D eigenvalue weighted by atomic mass is 9.94. The van der Waals surface area contributed by atoms with Gasteiger partial charge in [-0.05, 0) is 37.0 Å². The third-order valence-corrected chi connectivity index (χ3v) is 4.80. The molecule has 0 aromatic heterocycles. The molecule has 1 saturated carbocycles. The fourth-order valence-corrected chi connectivity index (χ4v) is 3.30. The Morgan fingerprint density at radius 3 is 2.77 bits per heavy atom. The molecule has 3 N–H and O–H groups in total. The second-order valence-corrected chi connectivity index (χ2v) is 6.17. The molecular weight excluding hydrogens is 282 g/mol. The van der Waals surface area contributed by atoms with Crippen LogP contribution in [0.4, 0.5) is 5.69 Å². The second-order valence-electron chi connectivity index (χ2n) is 6.17. The van der Waals surface area contributed by atoms with Crippen molar-refractivity contribution in [3.05, 3.63) is 29.8 Å². The van der Waals surface area contributed by atoms with Gasteiger partial charge in [0.15, 0.2) is 0 Å². The number of rotatable bonds is 3. The van der Waals surface area contributed by atoms with Crippen molar-refractivity contribution in [3.8, 4) is 0 Å². The Bertz CT molecular complexity index is 658. The first-order valence-corrected chi connectivity index (χ1v) is 7.39. The minimum absolute atomic E-state index is 0.0256. The molecule has 2 unspecified atom stereocenters. The molecule has 0 bridgehead atoms. The Labute approximate surface area is 128 Å². The van der Waals surface area contributed by atoms with Crippen molar-refractivity contribution in [2.75, 3.05) is 18.4 Å². The number of nitrogens with two attached hydrogens (primary N) is 1. The monoisotopic (exact) mass is 301 g/mol. The van der Waals surface area contributed by atoms with Crippen LogP contribution in [-0.4, -0.2) is 35.7 Å². The summed E-state index contributed by atoms with van der Waals surface area (Å²) in [6, 6.07) is 6.62. The lowest BCUT2D eigenvalue weighted by Gasteiger charge is -2.30. The van der Waals surface area contributed by atoms with Gasteiger partial charge in [0.05, 0.1) is 5.41 Å². The average Bonchev–Trinajstić information content (AvgIpc) is 3.22. The lowest BCUT2D eigenvalue weighted by molar-refractivity contribution is -0.132. The Morgan fingerprint density at radius 2 is 2.14 bits per heavy atom. The summed E-state index contributed by atoms with van der Waals surface area (Å²) in [5.74, 6) is -0.241. The molecule has 3 rings (SSSR count). The van der Waals surface area contributed by atoms with Crippen molar-refractivity contribution >= 4 is 23.4 Å². The molecular formula is C16H19N3O3. The van der Waals surface area contributed by atoms with E-state index in [1.54, 1.807) is 36.1 Å². The first kappa shape index (κ1) is 14.6. The maximum Gasteiger partial charge on any atom is 0.248 e. The number of likely N-dealkylation sites (tertiary alicyclic amines) is 1. The maximum atomic E-state index is 12.6. The van der Waals surface area contributed by atoms with Gasteiger partial charge in [0.25, 0.3) is 0 Å². The van der Waals surface area contributed by atoms with Crippen LogP contribution in [0.25, 0.3) is 0 Å². The van der Waals surface area contributed by atoms with Crippen molar-refractivity contribution in [2.45, 2.75) is 19.8 Å². The van der Waals surface area contributed by atoms with E-state index < -0.39 is 5.91 Å². The van der Waals surface area contributed by atoms with Gasteiger partial charge in [-0.1, -0.05) is 6.07 Å². The zero-order valence-electron chi connectivity index (χ0n) is 12.5. The van der Waals surface area contributed by atoms with Crippen LogP contribution >= 0.6 is 0 Å². The number of nitrogens with zero attached hydrogens (tertiary/aromatic N) is 1. The third-order valence-electron chi connectivity index (χ3n) is 4.80. The summed E-state index contributed by atoms with van der Waals surface area (Å²) >= 11 is 0. The fourth-order valence-electron chi connectivity index (χ4n) is 3.30. The number of nitrogens with one attached hydrogen (secondary N) is 1. The molecule has 2 aliphatic rings. The molecule has 6 heteroatoms. The number of hydrogen-bond donors (Lipinski definition) is 2. The van der Waals surface area contributed by atoms with Gasteiger partial charge in [-0.25, -0.2) is 0 Å². The van der Waals surface area contributed by atoms with Gasteiger partial charge in [0.1, 0.15) is 0 Å². The van der Waals surface area contributed by atoms with Crippen molar-refractivity contribution in [1.82, 2.24) is 4.90 Å². The molecule has 2 fully saturated rings. The molecule has 1 aromatic rings. The van der Waals surface area contributed by atoms with Gasteiger partial charge >= 0.3 is 0 Å². The van der Waals surface area contributed by atoms with E-state index in [-0.39, 0.29) is 23.1 Å². The van der Waals surface area contributed by atoms with Crippen LogP contribution in [0, 0.1) is 11.3 Å². The number of benzene rings is 1. The number of amides is 3. The molecule has 3 amide bonds. The zero-order valence-corrected chi connectivity index (χ0v) is 12.5. The minimum atomic E-state index is -0.520. The van der Waals surface area contributed by atoms with Crippen LogP contribution in [0.1, 0.15) is 30.1 Å². The van der Waals surface area contributed by atoms with E-state index in [1.165, 1.54) is 0 Å². The van der Waals surface area contributed by atoms with Gasteiger partial charge < -0.3 is 16.0 Å². The molecule has 0 radical (unpaired) electrons. The number of piperidine rings is 1. The molecule has 1 saturated heterocycles. The fraction of sp³-hybridized carbons (Fsp3) is 0.438. The van der Waals surface area contributed by atoms with Gasteiger partial charge in [-0.15, -0.1) is 0 Å². The number of primary amides is 1. The summed E-state index contributed by atoms with van der Waals surface area (Å²) in [4.78, 5) is 37.0. The summed E-state index contributed by atoms with van der Waals surface area (Å²) < 4.78 is 0. The number of hydrogen-bond acceptors (Lipinski definition) is 3. The van der Waals surface area contributed by atoms with Crippen molar-refractivity contribution in [3.63, 3.8) is 0 Å². The second kappa shape index (κ2) is 5.12. The Hall–Kier alpha value is -2.37. The molecule has 1 heterocycles. The standard InChI is InChI=1S/C16H19N3O3/c1-10(20)19-6-5-16(8-12(16)9-19)15(22)18-13-4-2-3-11(7-13)14(17)21/h2-4,7,12H,5-6,8-9H2,1H3,(H2,17,21)(H,18,22). The van der Waals surface area contributed by atoms with E-state index in [2.05, 4.69) is 5.32 Å². The predicted octanol–water partition coefficient (Wildman–Crippen LogP) is 0.983. The van der Waals surface area contributed by atoms with Crippen LogP contribution in [0.2, 0.25) is 0 Å². The van der Waals surface area contributed by atoms with E-state index in [0.717, 1.165) is 6.42 Å². The quantitative estimate of drug-likeness (QED) is 0.871. The Morgan fingerprint density at radius 1 is 1.36 bits per heavy atom. The average molecular weight is 301 g/mol. The number of anilines is 1. The van der Waals surface area contributed by atoms with Gasteiger partial charge in [0.2, 0.25) is 17.7 Å². The first-order valence-electron chi connectivity index (χ1n) is 7.39. The van der Waals surface area contributed by atoms with Crippen LogP contribution in [0.5, 0.6) is 0 Å². The smallest absolute Gasteiger partial charge is 0.248 e.